The average Bonchev–Trinajstić information content (AvgIpc) is 1.64. The van der Waals surface area contributed by atoms with Gasteiger partial charge in [-0.2, -0.15) is 11.8 Å². The highest BCUT2D eigenvalue weighted by atomic mass is 32.2. The van der Waals surface area contributed by atoms with Gasteiger partial charge in [0.2, 0.25) is 76.8 Å². The number of nitrogens with two attached hydrogens (primary N) is 6. The van der Waals surface area contributed by atoms with Crippen LogP contribution in [0.25, 0.3) is 10.9 Å². The number of carbonyl (C=O) groups excluding carboxylic acids is 13. The molecule has 0 saturated heterocycles. The summed E-state index contributed by atoms with van der Waals surface area (Å²) < 4.78 is 0. The number of hydrogen-bond acceptors (Lipinski definition) is 20. The molecule has 36 nitrogen and oxygen atoms in total. The van der Waals surface area contributed by atoms with Crippen LogP contribution in [0.3, 0.4) is 0 Å². The van der Waals surface area contributed by atoms with Crippen LogP contribution in [0.4, 0.5) is 0 Å². The number of guanidine groups is 1. The Morgan fingerprint density at radius 3 is 1.37 bits per heavy atom. The monoisotopic (exact) mass is 1600 g/mol. The van der Waals surface area contributed by atoms with Crippen LogP contribution in [-0.4, -0.2) is 221 Å². The SMILES string of the molecule is CC[C@H](C)[C@H](NC(=O)[C@H](CCCCN)NC(=O)[C@H](CCCCN)NC(=O)[C@@H](N)Cc1c[nH]c2ccccc12)C(=O)N[C@@H](C)C(=O)N[C@@H](CCCN=C(N)N)C(=O)N[C@@H](Cc1ccccc1)C(=O)N[C@H](C(=O)N[C@@H](CO)C(=O)N[C@@H](CCC(N)=O)C(=O)N[C@H](C(=O)N[C@H](C(=O)N[C@@H](CCSC)C(=O)O)[C@@H](C)CC)C(C)C)C(C)C. The molecular weight excluding hydrogens is 1480 g/mol. The molecule has 13 amide bonds. The lowest BCUT2D eigenvalue weighted by Gasteiger charge is -2.30. The molecule has 0 aliphatic rings. The number of fused-ring (bicyclic) bond motifs is 1. The van der Waals surface area contributed by atoms with Gasteiger partial charge in [0.15, 0.2) is 5.96 Å². The first-order valence-corrected chi connectivity index (χ1v) is 40.0. The number of aromatic nitrogens is 1. The Kier molecular flexibility index (Phi) is 43.8. The molecule has 0 unspecified atom stereocenters. The maximum Gasteiger partial charge on any atom is 0.326 e. The van der Waals surface area contributed by atoms with Gasteiger partial charge in [0.05, 0.1) is 12.6 Å². The van der Waals surface area contributed by atoms with Crippen LogP contribution < -0.4 is 98.2 Å². The lowest BCUT2D eigenvalue weighted by atomic mass is 9.96. The van der Waals surface area contributed by atoms with Gasteiger partial charge < -0.3 is 113 Å². The number of carbonyl (C=O) groups is 14. The van der Waals surface area contributed by atoms with E-state index in [-0.39, 0.29) is 64.0 Å². The van der Waals surface area contributed by atoms with Gasteiger partial charge in [-0.1, -0.05) is 117 Å². The summed E-state index contributed by atoms with van der Waals surface area (Å²) in [5.74, 6) is -14.9. The Morgan fingerprint density at radius 2 is 0.876 bits per heavy atom. The smallest absolute Gasteiger partial charge is 0.326 e. The minimum Gasteiger partial charge on any atom is -0.480 e. The van der Waals surface area contributed by atoms with E-state index in [2.05, 4.69) is 73.8 Å². The van der Waals surface area contributed by atoms with Crippen molar-refractivity contribution in [3.8, 4) is 0 Å². The zero-order valence-electron chi connectivity index (χ0n) is 66.7. The van der Waals surface area contributed by atoms with E-state index in [0.717, 1.165) is 16.5 Å². The summed E-state index contributed by atoms with van der Waals surface area (Å²) in [5, 5.41) is 52.8. The quantitative estimate of drug-likeness (QED) is 0.0164. The number of nitrogens with zero attached hydrogens (tertiary/aromatic N) is 1. The third kappa shape index (κ3) is 33.7. The molecule has 1 aromatic heterocycles. The molecule has 0 spiro atoms. The van der Waals surface area contributed by atoms with Gasteiger partial charge in [-0.05, 0) is 144 Å². The highest BCUT2D eigenvalue weighted by molar-refractivity contribution is 7.98. The number of carboxylic acid groups (broad SMARTS) is 1. The van der Waals surface area contributed by atoms with Gasteiger partial charge in [-0.15, -0.1) is 0 Å². The topological polar surface area (TPSA) is 608 Å². The second kappa shape index (κ2) is 50.9. The summed E-state index contributed by atoms with van der Waals surface area (Å²) >= 11 is 1.38. The second-order valence-electron chi connectivity index (χ2n) is 29.0. The maximum atomic E-state index is 14.7. The van der Waals surface area contributed by atoms with Crippen molar-refractivity contribution in [1.29, 1.82) is 0 Å². The summed E-state index contributed by atoms with van der Waals surface area (Å²) in [6, 6.07) is -2.05. The molecular formula is C76H124N20O16S. The Labute approximate surface area is 665 Å². The first kappa shape index (κ1) is 97.2. The molecule has 1 heterocycles. The highest BCUT2D eigenvalue weighted by Gasteiger charge is 2.39. The van der Waals surface area contributed by atoms with Crippen molar-refractivity contribution in [2.75, 3.05) is 38.2 Å². The molecule has 0 saturated carbocycles. The molecule has 27 N–H and O–H groups in total. The number of carboxylic acids is 1. The predicted molar refractivity (Wildman–Crippen MR) is 429 cm³/mol. The van der Waals surface area contributed by atoms with E-state index in [9.17, 15) is 77.3 Å². The number of thioether (sulfide) groups is 1. The number of aliphatic carboxylic acids is 1. The van der Waals surface area contributed by atoms with Gasteiger partial charge in [-0.3, -0.25) is 67.3 Å². The van der Waals surface area contributed by atoms with Crippen molar-refractivity contribution < 1.29 is 77.3 Å². The fourth-order valence-electron chi connectivity index (χ4n) is 12.0. The minimum absolute atomic E-state index is 0.0204. The van der Waals surface area contributed by atoms with Crippen LogP contribution in [0.5, 0.6) is 0 Å². The average molecular weight is 1610 g/mol. The van der Waals surface area contributed by atoms with Crippen LogP contribution in [0.15, 0.2) is 65.8 Å². The Balaban J connectivity index is 1.89. The van der Waals surface area contributed by atoms with E-state index in [1.807, 2.05) is 24.3 Å². The third-order valence-corrected chi connectivity index (χ3v) is 19.9. The molecule has 0 aliphatic carbocycles. The number of aliphatic imine (C=N–C) groups is 1. The number of amides is 13. The number of primary amides is 1. The number of para-hydroxylation sites is 1. The molecule has 0 radical (unpaired) electrons. The zero-order chi connectivity index (χ0) is 84.6. The molecule has 630 valence electrons. The van der Waals surface area contributed by atoms with Gasteiger partial charge >= 0.3 is 5.97 Å². The number of H-pyrrole nitrogens is 1. The lowest BCUT2D eigenvalue weighted by Crippen LogP contribution is -2.62. The molecule has 0 aliphatic heterocycles. The van der Waals surface area contributed by atoms with E-state index in [1.54, 1.807) is 98.2 Å². The van der Waals surface area contributed by atoms with Crippen molar-refractivity contribution in [3.63, 3.8) is 0 Å². The first-order valence-electron chi connectivity index (χ1n) is 38.6. The highest BCUT2D eigenvalue weighted by Crippen LogP contribution is 2.21. The number of aliphatic hydroxyl groups is 1. The van der Waals surface area contributed by atoms with Crippen molar-refractivity contribution in [1.82, 2.24) is 68.8 Å². The lowest BCUT2D eigenvalue weighted by molar-refractivity contribution is -0.142. The van der Waals surface area contributed by atoms with Crippen LogP contribution in [0.2, 0.25) is 0 Å². The molecule has 15 atom stereocenters. The number of unbranched alkanes of at least 4 members (excludes halogenated alkanes) is 2. The number of aliphatic hydroxyl groups excluding tert-OH is 1. The number of aromatic amines is 1. The number of benzene rings is 2. The van der Waals surface area contributed by atoms with Gasteiger partial charge in [-0.25, -0.2) is 4.79 Å². The molecule has 3 aromatic rings. The largest absolute Gasteiger partial charge is 0.480 e. The van der Waals surface area contributed by atoms with Gasteiger partial charge in [0.1, 0.15) is 72.5 Å². The molecule has 113 heavy (non-hydrogen) atoms. The van der Waals surface area contributed by atoms with Crippen molar-refractivity contribution in [2.24, 2.45) is 63.1 Å². The number of rotatable bonds is 54. The molecule has 3 rings (SSSR count). The maximum absolute atomic E-state index is 14.7. The van der Waals surface area contributed by atoms with Gasteiger partial charge in [0.25, 0.3) is 0 Å². The minimum atomic E-state index is -1.83. The van der Waals surface area contributed by atoms with Crippen molar-refractivity contribution in [3.05, 3.63) is 71.9 Å². The normalized spacial score (nSPS) is 15.3. The molecule has 37 heteroatoms. The summed E-state index contributed by atoms with van der Waals surface area (Å²) in [5.41, 5.74) is 36.9. The second-order valence-corrected chi connectivity index (χ2v) is 30.0. The van der Waals surface area contributed by atoms with Gasteiger partial charge in [0, 0.05) is 36.5 Å². The van der Waals surface area contributed by atoms with E-state index in [4.69, 9.17) is 34.4 Å². The first-order chi connectivity index (χ1) is 53.6. The Bertz CT molecular complexity index is 3640. The summed E-state index contributed by atoms with van der Waals surface area (Å²) in [7, 11) is 0. The van der Waals surface area contributed by atoms with E-state index in [1.165, 1.54) is 18.7 Å². The number of hydrogen-bond donors (Lipinski definition) is 21. The standard InChI is InChI=1S/C76H124N20O16S/c1-11-43(7)61(95-67(103)52(28-19-21-34-78)88-65(101)51(27-18-20-33-77)87-64(100)49(79)38-47-39-84-50-26-17-16-25-48(47)50)73(109)85-45(9)63(99)86-53(29-22-35-83-76(81)82)66(102)91-56(37-46-23-14-13-15-24-46)69(105)94-59(41(3)4)71(107)92-57(40-97)70(106)89-54(30-31-58(80)98)68(104)93-60(42(5)6)72(108)96-62(44(8)12-2)74(110)90-55(75(111)112)32-36-113-10/h13-17,23-26,39,41-45,49,51-57,59-62,84,97H,11-12,18-22,27-38,40,77-79H2,1-10H3,(H2,80,98)(H,85,109)(H,86,99)(H,87,100)(H,88,101)(H,89,106)(H,90,110)(H,91,102)(H,92,107)(H,93,104)(H,94,105)(H,95,103)(H,96,108)(H,111,112)(H4,81,82,83)/t43-,44-,45-,49-,51-,52-,53-,54-,55-,56-,57-,59-,60-,61-,62-/m0/s1. The Morgan fingerprint density at radius 1 is 0.460 bits per heavy atom. The van der Waals surface area contributed by atoms with E-state index in [0.29, 0.717) is 56.4 Å². The van der Waals surface area contributed by atoms with E-state index >= 15 is 0 Å². The van der Waals surface area contributed by atoms with Crippen LogP contribution >= 0.6 is 11.8 Å². The van der Waals surface area contributed by atoms with Crippen LogP contribution in [0.1, 0.15) is 157 Å². The molecule has 0 fully saturated rings. The summed E-state index contributed by atoms with van der Waals surface area (Å²) in [6.45, 7) is 14.0. The fraction of sp³-hybridized carbons (Fsp3) is 0.618. The third-order valence-electron chi connectivity index (χ3n) is 19.3. The zero-order valence-corrected chi connectivity index (χ0v) is 67.5. The van der Waals surface area contributed by atoms with Crippen molar-refractivity contribution >= 4 is 111 Å². The predicted octanol–water partition coefficient (Wildman–Crippen LogP) is -2.07. The molecule has 0 bridgehead atoms. The molecule has 2 aromatic carbocycles. The summed E-state index contributed by atoms with van der Waals surface area (Å²) in [6.07, 6.45) is 5.38. The fourth-order valence-corrected chi connectivity index (χ4v) is 12.5. The summed E-state index contributed by atoms with van der Waals surface area (Å²) in [4.78, 5) is 202. The van der Waals surface area contributed by atoms with E-state index < -0.39 is 204 Å². The van der Waals surface area contributed by atoms with Crippen LogP contribution in [0, 0.1) is 23.7 Å². The number of nitrogens with one attached hydrogen (secondary N) is 13. The Hall–Kier alpha value is -9.98. The van der Waals surface area contributed by atoms with Crippen LogP contribution in [-0.2, 0) is 80.0 Å². The van der Waals surface area contributed by atoms with Crippen molar-refractivity contribution in [2.45, 2.75) is 237 Å².